The molecule has 0 amide bonds. The van der Waals surface area contributed by atoms with Gasteiger partial charge in [-0.2, -0.15) is 0 Å². The smallest absolute Gasteiger partial charge is 0.162 e. The molecule has 3 nitrogen and oxygen atoms in total. The van der Waals surface area contributed by atoms with Gasteiger partial charge in [0.2, 0.25) is 0 Å². The Hall–Kier alpha value is -2.03. The first kappa shape index (κ1) is 15.4. The lowest BCUT2D eigenvalue weighted by Gasteiger charge is -2.21. The molecule has 1 atom stereocenters. The van der Waals surface area contributed by atoms with Gasteiger partial charge in [0.25, 0.3) is 0 Å². The average Bonchev–Trinajstić information content (AvgIpc) is 3.19. The van der Waals surface area contributed by atoms with Crippen molar-refractivity contribution in [2.45, 2.75) is 39.5 Å². The van der Waals surface area contributed by atoms with Gasteiger partial charge in [-0.15, -0.1) is 0 Å². The van der Waals surface area contributed by atoms with Crippen LogP contribution in [0.5, 0.6) is 0 Å². The molecule has 0 spiro atoms. The van der Waals surface area contributed by atoms with Gasteiger partial charge >= 0.3 is 0 Å². The highest BCUT2D eigenvalue weighted by Gasteiger charge is 2.27. The largest absolute Gasteiger partial charge is 0.469 e. The Kier molecular flexibility index (Phi) is 5.61. The maximum Gasteiger partial charge on any atom is 0.162 e. The Morgan fingerprint density at radius 3 is 2.62 bits per heavy atom. The zero-order chi connectivity index (χ0) is 15.1. The van der Waals surface area contributed by atoms with Crippen molar-refractivity contribution in [1.82, 2.24) is 0 Å². The molecule has 0 aromatic carbocycles. The van der Waals surface area contributed by atoms with E-state index in [9.17, 15) is 4.79 Å². The van der Waals surface area contributed by atoms with E-state index >= 15 is 0 Å². The number of rotatable bonds is 3. The van der Waals surface area contributed by atoms with Gasteiger partial charge in [0, 0.05) is 12.3 Å². The minimum atomic E-state index is 0.0427. The zero-order valence-electron chi connectivity index (χ0n) is 12.7. The second kappa shape index (κ2) is 7.67. The first-order chi connectivity index (χ1) is 10.3. The molecule has 21 heavy (non-hydrogen) atoms. The summed E-state index contributed by atoms with van der Waals surface area (Å²) in [6.45, 7) is 4.00. The van der Waals surface area contributed by atoms with E-state index in [1.165, 1.54) is 0 Å². The SMILES string of the molecule is CC.O=C1/C(=C/c2ccco2)CCCC1Cc1ccco1. The van der Waals surface area contributed by atoms with Crippen molar-refractivity contribution < 1.29 is 13.6 Å². The van der Waals surface area contributed by atoms with Gasteiger partial charge in [-0.1, -0.05) is 13.8 Å². The molecule has 0 aliphatic heterocycles. The molecule has 2 aromatic rings. The van der Waals surface area contributed by atoms with Crippen LogP contribution in [0.2, 0.25) is 0 Å². The van der Waals surface area contributed by atoms with E-state index in [0.29, 0.717) is 6.42 Å². The molecule has 1 aliphatic rings. The molecular formula is C18H22O3. The summed E-state index contributed by atoms with van der Waals surface area (Å²) in [5, 5.41) is 0. The van der Waals surface area contributed by atoms with E-state index in [1.54, 1.807) is 12.5 Å². The molecule has 0 bridgehead atoms. The van der Waals surface area contributed by atoms with Gasteiger partial charge in [-0.3, -0.25) is 4.79 Å². The number of ketones is 1. The quantitative estimate of drug-likeness (QED) is 0.754. The highest BCUT2D eigenvalue weighted by Crippen LogP contribution is 2.29. The van der Waals surface area contributed by atoms with Crippen LogP contribution in [0.3, 0.4) is 0 Å². The number of allylic oxidation sites excluding steroid dienone is 1. The highest BCUT2D eigenvalue weighted by atomic mass is 16.3. The molecule has 1 unspecified atom stereocenters. The third-order valence-electron chi connectivity index (χ3n) is 3.57. The van der Waals surface area contributed by atoms with E-state index in [4.69, 9.17) is 8.83 Å². The van der Waals surface area contributed by atoms with Crippen LogP contribution in [-0.2, 0) is 11.2 Å². The van der Waals surface area contributed by atoms with Crippen molar-refractivity contribution in [2.24, 2.45) is 5.92 Å². The second-order valence-electron chi connectivity index (χ2n) is 4.92. The van der Waals surface area contributed by atoms with E-state index in [-0.39, 0.29) is 11.7 Å². The first-order valence-electron chi connectivity index (χ1n) is 7.63. The van der Waals surface area contributed by atoms with Crippen molar-refractivity contribution in [3.63, 3.8) is 0 Å². The molecule has 3 heteroatoms. The molecular weight excluding hydrogens is 264 g/mol. The van der Waals surface area contributed by atoms with Crippen LogP contribution in [-0.4, -0.2) is 5.78 Å². The maximum atomic E-state index is 12.4. The number of hydrogen-bond acceptors (Lipinski definition) is 3. The summed E-state index contributed by atoms with van der Waals surface area (Å²) in [4.78, 5) is 12.4. The molecule has 112 valence electrons. The summed E-state index contributed by atoms with van der Waals surface area (Å²) < 4.78 is 10.6. The van der Waals surface area contributed by atoms with Crippen LogP contribution >= 0.6 is 0 Å². The topological polar surface area (TPSA) is 43.4 Å². The first-order valence-corrected chi connectivity index (χ1v) is 7.63. The average molecular weight is 286 g/mol. The molecule has 3 rings (SSSR count). The van der Waals surface area contributed by atoms with Gasteiger partial charge in [0.1, 0.15) is 11.5 Å². The Morgan fingerprint density at radius 2 is 1.95 bits per heavy atom. The van der Waals surface area contributed by atoms with E-state index < -0.39 is 0 Å². The highest BCUT2D eigenvalue weighted by molar-refractivity contribution is 6.01. The van der Waals surface area contributed by atoms with Crippen molar-refractivity contribution >= 4 is 11.9 Å². The van der Waals surface area contributed by atoms with E-state index in [2.05, 4.69) is 0 Å². The fourth-order valence-corrected chi connectivity index (χ4v) is 2.61. The standard InChI is InChI=1S/C16H16O3.C2H6/c17-16-12(10-14-6-2-8-18-14)4-1-5-13(16)11-15-7-3-9-19-15;1-2/h2-3,6-10,13H,1,4-5,11H2;1-2H3/b12-10+;. The minimum absolute atomic E-state index is 0.0427. The Bertz CT molecular complexity index is 562. The molecule has 0 N–H and O–H groups in total. The van der Waals surface area contributed by atoms with Gasteiger partial charge in [0.05, 0.1) is 12.5 Å². The summed E-state index contributed by atoms with van der Waals surface area (Å²) in [5.41, 5.74) is 0.873. The van der Waals surface area contributed by atoms with Crippen LogP contribution < -0.4 is 0 Å². The molecule has 1 aliphatic carbocycles. The number of Topliss-reactive ketones (excluding diaryl/α,β-unsaturated/α-hetero) is 1. The lowest BCUT2D eigenvalue weighted by molar-refractivity contribution is -0.120. The van der Waals surface area contributed by atoms with Gasteiger partial charge in [-0.05, 0) is 55.2 Å². The third-order valence-corrected chi connectivity index (χ3v) is 3.57. The van der Waals surface area contributed by atoms with Crippen molar-refractivity contribution in [3.05, 3.63) is 53.9 Å². The maximum absolute atomic E-state index is 12.4. The number of hydrogen-bond donors (Lipinski definition) is 0. The zero-order valence-corrected chi connectivity index (χ0v) is 12.7. The Morgan fingerprint density at radius 1 is 1.19 bits per heavy atom. The molecule has 2 aromatic heterocycles. The van der Waals surface area contributed by atoms with Crippen LogP contribution in [0.25, 0.3) is 6.08 Å². The lowest BCUT2D eigenvalue weighted by Crippen LogP contribution is -2.23. The molecule has 0 saturated heterocycles. The lowest BCUT2D eigenvalue weighted by atomic mass is 9.81. The molecule has 1 saturated carbocycles. The van der Waals surface area contributed by atoms with Crippen molar-refractivity contribution in [2.75, 3.05) is 0 Å². The summed E-state index contributed by atoms with van der Waals surface area (Å²) in [6, 6.07) is 7.50. The normalized spacial score (nSPS) is 20.2. The van der Waals surface area contributed by atoms with Gasteiger partial charge < -0.3 is 8.83 Å². The van der Waals surface area contributed by atoms with Crippen LogP contribution in [0.4, 0.5) is 0 Å². The second-order valence-corrected chi connectivity index (χ2v) is 4.92. The van der Waals surface area contributed by atoms with E-state index in [0.717, 1.165) is 36.4 Å². The summed E-state index contributed by atoms with van der Waals surface area (Å²) in [6.07, 6.45) is 8.67. The fraction of sp³-hybridized carbons (Fsp3) is 0.389. The minimum Gasteiger partial charge on any atom is -0.469 e. The van der Waals surface area contributed by atoms with Gasteiger partial charge in [0.15, 0.2) is 5.78 Å². The Balaban J connectivity index is 0.000000774. The summed E-state index contributed by atoms with van der Waals surface area (Å²) in [7, 11) is 0. The number of carbonyl (C=O) groups is 1. The molecule has 0 radical (unpaired) electrons. The molecule has 1 fully saturated rings. The van der Waals surface area contributed by atoms with Crippen molar-refractivity contribution in [3.8, 4) is 0 Å². The monoisotopic (exact) mass is 286 g/mol. The van der Waals surface area contributed by atoms with Crippen LogP contribution in [0, 0.1) is 5.92 Å². The fourth-order valence-electron chi connectivity index (χ4n) is 2.61. The predicted octanol–water partition coefficient (Wildman–Crippen LogP) is 4.89. The van der Waals surface area contributed by atoms with Crippen LogP contribution in [0.1, 0.15) is 44.6 Å². The number of carbonyl (C=O) groups excluding carboxylic acids is 1. The predicted molar refractivity (Wildman–Crippen MR) is 82.8 cm³/mol. The third kappa shape index (κ3) is 3.97. The van der Waals surface area contributed by atoms with Crippen molar-refractivity contribution in [1.29, 1.82) is 0 Å². The van der Waals surface area contributed by atoms with Gasteiger partial charge in [-0.25, -0.2) is 0 Å². The summed E-state index contributed by atoms with van der Waals surface area (Å²) >= 11 is 0. The molecule has 2 heterocycles. The Labute approximate surface area is 125 Å². The van der Waals surface area contributed by atoms with E-state index in [1.807, 2.05) is 44.2 Å². The summed E-state index contributed by atoms with van der Waals surface area (Å²) in [5.74, 6) is 1.92. The van der Waals surface area contributed by atoms with Crippen LogP contribution in [0.15, 0.2) is 51.2 Å². The number of furan rings is 2.